The first-order valence-corrected chi connectivity index (χ1v) is 10.2. The highest BCUT2D eigenvalue weighted by molar-refractivity contribution is 6.14. The molecule has 1 aliphatic heterocycles. The minimum absolute atomic E-state index is 0.0704. The molecule has 2 heterocycles. The van der Waals surface area contributed by atoms with Crippen molar-refractivity contribution in [2.45, 2.75) is 44.9 Å². The van der Waals surface area contributed by atoms with Crippen molar-refractivity contribution in [3.05, 3.63) is 57.4 Å². The fraction of sp³-hybridized carbons (Fsp3) is 0.375. The summed E-state index contributed by atoms with van der Waals surface area (Å²) in [7, 11) is 0. The van der Waals surface area contributed by atoms with E-state index >= 15 is 0 Å². The smallest absolute Gasteiger partial charge is 0.195 e. The van der Waals surface area contributed by atoms with E-state index in [1.54, 1.807) is 0 Å². The number of rotatable bonds is 1. The summed E-state index contributed by atoms with van der Waals surface area (Å²) in [6.07, 6.45) is 4.46. The lowest BCUT2D eigenvalue weighted by molar-refractivity contribution is -0.119. The summed E-state index contributed by atoms with van der Waals surface area (Å²) in [6.45, 7) is 5.76. The second-order valence-corrected chi connectivity index (χ2v) is 8.76. The van der Waals surface area contributed by atoms with Crippen LogP contribution >= 0.6 is 0 Å². The molecule has 0 unspecified atom stereocenters. The fourth-order valence-electron chi connectivity index (χ4n) is 4.98. The highest BCUT2D eigenvalue weighted by Crippen LogP contribution is 2.45. The number of piperidine rings is 1. The molecule has 2 aromatic rings. The van der Waals surface area contributed by atoms with Crippen LogP contribution in [0.5, 0.6) is 0 Å². The van der Waals surface area contributed by atoms with Gasteiger partial charge in [0.15, 0.2) is 5.78 Å². The lowest BCUT2D eigenvalue weighted by atomic mass is 9.70. The number of hydrogen-bond acceptors (Lipinski definition) is 4. The Morgan fingerprint density at radius 1 is 1.10 bits per heavy atom. The highest BCUT2D eigenvalue weighted by Gasteiger charge is 2.41. The van der Waals surface area contributed by atoms with Crippen LogP contribution in [0, 0.1) is 11.3 Å². The molecule has 0 atom stereocenters. The van der Waals surface area contributed by atoms with E-state index in [1.807, 2.05) is 18.2 Å². The molecule has 0 spiro atoms. The number of allylic oxidation sites excluding steroid dienone is 1. The molecule has 1 aromatic carbocycles. The number of aromatic amines is 1. The van der Waals surface area contributed by atoms with Crippen LogP contribution in [0.3, 0.4) is 0 Å². The number of hydrogen-bond donors (Lipinski definition) is 1. The number of carbonyl (C=O) groups excluding carboxylic acids is 2. The molecule has 0 saturated carbocycles. The predicted octanol–water partition coefficient (Wildman–Crippen LogP) is 3.91. The van der Waals surface area contributed by atoms with Crippen LogP contribution in [0.15, 0.2) is 23.8 Å². The number of nitrogens with one attached hydrogen (secondary N) is 1. The number of ketones is 2. The van der Waals surface area contributed by atoms with Crippen LogP contribution in [0.4, 0.5) is 5.69 Å². The van der Waals surface area contributed by atoms with Crippen molar-refractivity contribution in [3.63, 3.8) is 0 Å². The van der Waals surface area contributed by atoms with Crippen molar-refractivity contribution >= 4 is 23.3 Å². The largest absolute Gasteiger partial charge is 0.371 e. The predicted molar refractivity (Wildman–Crippen MR) is 111 cm³/mol. The standard InChI is InChI=1S/C24H23N3O2/c1-24(2)19-12-15(27-9-7-16(28)8-10-27)4-6-17(19)22(29)21-18-5-3-14(13-25)11-20(18)26-23(21)24/h4,6,11-12,26H,3,5,7-10H2,1-2H3. The second kappa shape index (κ2) is 6.18. The van der Waals surface area contributed by atoms with Gasteiger partial charge in [0, 0.05) is 65.1 Å². The van der Waals surface area contributed by atoms with Crippen LogP contribution in [0.25, 0.3) is 6.08 Å². The molecule has 1 saturated heterocycles. The molecule has 5 nitrogen and oxygen atoms in total. The van der Waals surface area contributed by atoms with Crippen molar-refractivity contribution in [2.24, 2.45) is 0 Å². The van der Waals surface area contributed by atoms with Crippen LogP contribution < -0.4 is 4.90 Å². The molecule has 0 amide bonds. The van der Waals surface area contributed by atoms with Gasteiger partial charge in [0.25, 0.3) is 0 Å². The molecule has 29 heavy (non-hydrogen) atoms. The molecule has 146 valence electrons. The van der Waals surface area contributed by atoms with Gasteiger partial charge in [-0.3, -0.25) is 9.59 Å². The van der Waals surface area contributed by atoms with Crippen LogP contribution in [0.1, 0.15) is 71.5 Å². The Labute approximate surface area is 170 Å². The number of benzene rings is 1. The summed E-state index contributed by atoms with van der Waals surface area (Å²) in [4.78, 5) is 30.8. The number of fused-ring (bicyclic) bond motifs is 4. The molecule has 1 fully saturated rings. The van der Waals surface area contributed by atoms with Crippen molar-refractivity contribution in [1.82, 2.24) is 4.98 Å². The number of nitrogens with zero attached hydrogens (tertiary/aromatic N) is 2. The zero-order valence-electron chi connectivity index (χ0n) is 16.8. The van der Waals surface area contributed by atoms with Gasteiger partial charge in [0.05, 0.1) is 6.07 Å². The van der Waals surface area contributed by atoms with Crippen molar-refractivity contribution in [1.29, 1.82) is 5.26 Å². The third-order valence-corrected chi connectivity index (χ3v) is 6.70. The first-order chi connectivity index (χ1) is 13.9. The van der Waals surface area contributed by atoms with E-state index in [9.17, 15) is 14.9 Å². The Balaban J connectivity index is 1.62. The van der Waals surface area contributed by atoms with E-state index in [2.05, 4.69) is 35.9 Å². The van der Waals surface area contributed by atoms with Crippen molar-refractivity contribution in [2.75, 3.05) is 18.0 Å². The van der Waals surface area contributed by atoms with Crippen molar-refractivity contribution in [3.8, 4) is 6.07 Å². The first-order valence-electron chi connectivity index (χ1n) is 10.2. The normalized spacial score (nSPS) is 19.8. The third-order valence-electron chi connectivity index (χ3n) is 6.70. The average molecular weight is 385 g/mol. The lowest BCUT2D eigenvalue weighted by Gasteiger charge is -2.35. The van der Waals surface area contributed by atoms with Gasteiger partial charge in [0.2, 0.25) is 0 Å². The first kappa shape index (κ1) is 17.9. The summed E-state index contributed by atoms with van der Waals surface area (Å²) < 4.78 is 0. The maximum Gasteiger partial charge on any atom is 0.195 e. The van der Waals surface area contributed by atoms with E-state index in [0.717, 1.165) is 64.4 Å². The molecule has 1 N–H and O–H groups in total. The molecule has 0 radical (unpaired) electrons. The van der Waals surface area contributed by atoms with E-state index in [0.29, 0.717) is 25.0 Å². The van der Waals surface area contributed by atoms with Gasteiger partial charge < -0.3 is 9.88 Å². The van der Waals surface area contributed by atoms with Gasteiger partial charge in [-0.1, -0.05) is 13.8 Å². The topological polar surface area (TPSA) is 77.0 Å². The summed E-state index contributed by atoms with van der Waals surface area (Å²) in [5, 5.41) is 9.26. The minimum Gasteiger partial charge on any atom is -0.371 e. The Bertz CT molecular complexity index is 1130. The van der Waals surface area contributed by atoms with Crippen LogP contribution in [-0.4, -0.2) is 29.6 Å². The summed E-state index contributed by atoms with van der Waals surface area (Å²) in [5.74, 6) is 0.391. The Hall–Kier alpha value is -3.13. The molecule has 2 aliphatic carbocycles. The van der Waals surface area contributed by atoms with Gasteiger partial charge in [-0.15, -0.1) is 0 Å². The van der Waals surface area contributed by atoms with E-state index in [4.69, 9.17) is 0 Å². The zero-order chi connectivity index (χ0) is 20.3. The van der Waals surface area contributed by atoms with Crippen molar-refractivity contribution < 1.29 is 9.59 Å². The number of aromatic nitrogens is 1. The Morgan fingerprint density at radius 3 is 2.59 bits per heavy atom. The second-order valence-electron chi connectivity index (χ2n) is 8.76. The maximum absolute atomic E-state index is 13.4. The summed E-state index contributed by atoms with van der Waals surface area (Å²) >= 11 is 0. The van der Waals surface area contributed by atoms with E-state index < -0.39 is 0 Å². The number of anilines is 1. The Kier molecular flexibility index (Phi) is 3.82. The molecular formula is C24H23N3O2. The fourth-order valence-corrected chi connectivity index (χ4v) is 4.98. The van der Waals surface area contributed by atoms with Crippen LogP contribution in [-0.2, 0) is 16.6 Å². The monoisotopic (exact) mass is 385 g/mol. The minimum atomic E-state index is -0.349. The summed E-state index contributed by atoms with van der Waals surface area (Å²) in [6, 6.07) is 8.34. The van der Waals surface area contributed by atoms with Gasteiger partial charge in [-0.2, -0.15) is 5.26 Å². The molecule has 0 bridgehead atoms. The Morgan fingerprint density at radius 2 is 1.86 bits per heavy atom. The average Bonchev–Trinajstić information content (AvgIpc) is 3.12. The lowest BCUT2D eigenvalue weighted by Crippen LogP contribution is -2.35. The number of carbonyl (C=O) groups is 2. The molecule has 1 aromatic heterocycles. The molecule has 5 heteroatoms. The van der Waals surface area contributed by atoms with Gasteiger partial charge in [-0.05, 0) is 48.2 Å². The number of H-pyrrole nitrogens is 1. The van der Waals surface area contributed by atoms with Gasteiger partial charge in [0.1, 0.15) is 5.78 Å². The maximum atomic E-state index is 13.4. The number of nitriles is 1. The quantitative estimate of drug-likeness (QED) is 0.807. The van der Waals surface area contributed by atoms with Gasteiger partial charge >= 0.3 is 0 Å². The van der Waals surface area contributed by atoms with Crippen LogP contribution in [0.2, 0.25) is 0 Å². The van der Waals surface area contributed by atoms with Gasteiger partial charge in [-0.25, -0.2) is 0 Å². The highest BCUT2D eigenvalue weighted by atomic mass is 16.1. The SMILES string of the molecule is CC1(C)c2cc(N3CCC(=O)CC3)ccc2C(=O)c2c1[nH]c1c2CCC(C#N)=C1. The van der Waals surface area contributed by atoms with E-state index in [-0.39, 0.29) is 11.2 Å². The molecular weight excluding hydrogens is 362 g/mol. The number of Topliss-reactive ketones (excluding diaryl/α,β-unsaturated/α-hetero) is 1. The zero-order valence-corrected chi connectivity index (χ0v) is 16.8. The summed E-state index contributed by atoms with van der Waals surface area (Å²) in [5.41, 5.74) is 6.94. The molecule has 3 aliphatic rings. The molecule has 5 rings (SSSR count). The third kappa shape index (κ3) is 2.59. The van der Waals surface area contributed by atoms with E-state index in [1.165, 1.54) is 0 Å².